The summed E-state index contributed by atoms with van der Waals surface area (Å²) < 4.78 is 13.3. The maximum absolute atomic E-state index is 12.1. The minimum Gasteiger partial charge on any atom is -0.494 e. The van der Waals surface area contributed by atoms with Crippen molar-refractivity contribution in [2.75, 3.05) is 11.9 Å². The number of hydrogen-bond acceptors (Lipinski definition) is 4. The van der Waals surface area contributed by atoms with E-state index in [1.165, 1.54) is 0 Å². The van der Waals surface area contributed by atoms with Crippen molar-refractivity contribution < 1.29 is 14.3 Å². The lowest BCUT2D eigenvalue weighted by Gasteiger charge is -2.13. The molecule has 7 nitrogen and oxygen atoms in total. The number of aryl methyl sites for hydroxylation is 1. The molecule has 0 saturated carbocycles. The molecule has 134 valence electrons. The van der Waals surface area contributed by atoms with Crippen LogP contribution >= 0.6 is 0 Å². The monoisotopic (exact) mass is 344 g/mol. The minimum atomic E-state index is -0.284. The zero-order chi connectivity index (χ0) is 17.8. The van der Waals surface area contributed by atoms with Gasteiger partial charge in [0.2, 0.25) is 0 Å². The molecule has 3 rings (SSSR count). The Labute approximate surface area is 147 Å². The summed E-state index contributed by atoms with van der Waals surface area (Å²) in [5, 5.41) is 9.75. The van der Waals surface area contributed by atoms with Crippen LogP contribution in [0.5, 0.6) is 11.5 Å². The smallest absolute Gasteiger partial charge is 0.319 e. The van der Waals surface area contributed by atoms with Crippen LogP contribution in [0.2, 0.25) is 0 Å². The lowest BCUT2D eigenvalue weighted by atomic mass is 10.1. The molecule has 0 saturated heterocycles. The Kier molecular flexibility index (Phi) is 5.11. The molecule has 0 fully saturated rings. The number of aromatic nitrogens is 2. The number of carbonyl (C=O) groups excluding carboxylic acids is 1. The quantitative estimate of drug-likeness (QED) is 0.845. The Morgan fingerprint density at radius 2 is 2.28 bits per heavy atom. The van der Waals surface area contributed by atoms with E-state index in [1.807, 2.05) is 32.9 Å². The molecule has 1 aromatic heterocycles. The summed E-state index contributed by atoms with van der Waals surface area (Å²) in [7, 11) is 0. The van der Waals surface area contributed by atoms with E-state index in [1.54, 1.807) is 17.1 Å². The van der Waals surface area contributed by atoms with Crippen LogP contribution in [0.1, 0.15) is 31.9 Å². The van der Waals surface area contributed by atoms with Gasteiger partial charge in [0, 0.05) is 36.8 Å². The van der Waals surface area contributed by atoms with Crippen molar-refractivity contribution in [3.63, 3.8) is 0 Å². The van der Waals surface area contributed by atoms with E-state index in [4.69, 9.17) is 9.47 Å². The summed E-state index contributed by atoms with van der Waals surface area (Å²) in [4.78, 5) is 12.1. The van der Waals surface area contributed by atoms with Gasteiger partial charge in [-0.1, -0.05) is 0 Å². The minimum absolute atomic E-state index is 0.172. The van der Waals surface area contributed by atoms with Gasteiger partial charge in [-0.25, -0.2) is 4.79 Å². The van der Waals surface area contributed by atoms with E-state index < -0.39 is 0 Å². The molecule has 25 heavy (non-hydrogen) atoms. The fourth-order valence-electron chi connectivity index (χ4n) is 2.86. The number of urea groups is 1. The highest BCUT2D eigenvalue weighted by atomic mass is 16.5. The zero-order valence-corrected chi connectivity index (χ0v) is 14.8. The molecule has 0 bridgehead atoms. The average molecular weight is 344 g/mol. The van der Waals surface area contributed by atoms with Crippen LogP contribution in [-0.4, -0.2) is 28.5 Å². The van der Waals surface area contributed by atoms with Gasteiger partial charge in [-0.15, -0.1) is 0 Å². The van der Waals surface area contributed by atoms with E-state index in [-0.39, 0.29) is 12.1 Å². The van der Waals surface area contributed by atoms with Crippen LogP contribution in [-0.2, 0) is 19.5 Å². The Hall–Kier alpha value is -2.70. The second kappa shape index (κ2) is 7.46. The number of fused-ring (bicyclic) bond motifs is 1. The molecule has 0 aliphatic carbocycles. The summed E-state index contributed by atoms with van der Waals surface area (Å²) in [5.74, 6) is 1.66. The predicted molar refractivity (Wildman–Crippen MR) is 95.2 cm³/mol. The normalized spacial score (nSPS) is 15.4. The van der Waals surface area contributed by atoms with Gasteiger partial charge in [0.25, 0.3) is 0 Å². The number of nitrogens with one attached hydrogen (secondary N) is 2. The van der Waals surface area contributed by atoms with Crippen molar-refractivity contribution in [1.82, 2.24) is 15.1 Å². The molecule has 7 heteroatoms. The number of ether oxygens (including phenoxy) is 2. The van der Waals surface area contributed by atoms with Gasteiger partial charge in [0.15, 0.2) is 0 Å². The Balaban J connectivity index is 1.65. The van der Waals surface area contributed by atoms with Gasteiger partial charge in [0.1, 0.15) is 17.6 Å². The Morgan fingerprint density at radius 1 is 1.44 bits per heavy atom. The van der Waals surface area contributed by atoms with Crippen LogP contribution in [0.25, 0.3) is 0 Å². The third-order valence-electron chi connectivity index (χ3n) is 4.03. The third-order valence-corrected chi connectivity index (χ3v) is 4.03. The van der Waals surface area contributed by atoms with Crippen LogP contribution in [0.3, 0.4) is 0 Å². The molecule has 1 aromatic carbocycles. The van der Waals surface area contributed by atoms with Crippen molar-refractivity contribution in [3.8, 4) is 11.5 Å². The van der Waals surface area contributed by atoms with Crippen LogP contribution in [0.4, 0.5) is 10.5 Å². The average Bonchev–Trinajstić information content (AvgIpc) is 3.17. The van der Waals surface area contributed by atoms with Crippen molar-refractivity contribution >= 4 is 11.7 Å². The number of anilines is 1. The molecule has 0 radical (unpaired) electrons. The van der Waals surface area contributed by atoms with Crippen LogP contribution in [0, 0.1) is 0 Å². The molecule has 2 aromatic rings. The number of hydrogen-bond donors (Lipinski definition) is 2. The van der Waals surface area contributed by atoms with Gasteiger partial charge in [-0.2, -0.15) is 5.10 Å². The van der Waals surface area contributed by atoms with E-state index in [9.17, 15) is 4.79 Å². The number of rotatable bonds is 6. The summed E-state index contributed by atoms with van der Waals surface area (Å²) in [5.41, 5.74) is 2.71. The SMILES string of the molecule is CCOc1cc2c(cc1CNC(=O)Nc1cnn(CC)c1)OC(C)C2. The van der Waals surface area contributed by atoms with Crippen LogP contribution in [0.15, 0.2) is 24.5 Å². The van der Waals surface area contributed by atoms with E-state index in [2.05, 4.69) is 15.7 Å². The van der Waals surface area contributed by atoms with Gasteiger partial charge in [-0.3, -0.25) is 4.68 Å². The third kappa shape index (κ3) is 4.04. The molecular weight excluding hydrogens is 320 g/mol. The first-order valence-corrected chi connectivity index (χ1v) is 8.61. The fraction of sp³-hybridized carbons (Fsp3) is 0.444. The highest BCUT2D eigenvalue weighted by molar-refractivity contribution is 5.88. The second-order valence-electron chi connectivity index (χ2n) is 6.03. The molecule has 1 aliphatic rings. The van der Waals surface area contributed by atoms with E-state index in [0.29, 0.717) is 18.8 Å². The van der Waals surface area contributed by atoms with Crippen molar-refractivity contribution in [2.24, 2.45) is 0 Å². The molecule has 0 spiro atoms. The lowest BCUT2D eigenvalue weighted by molar-refractivity contribution is 0.250. The molecule has 2 N–H and O–H groups in total. The zero-order valence-electron chi connectivity index (χ0n) is 14.8. The first-order valence-electron chi connectivity index (χ1n) is 8.61. The van der Waals surface area contributed by atoms with Crippen molar-refractivity contribution in [2.45, 2.75) is 46.4 Å². The van der Waals surface area contributed by atoms with Gasteiger partial charge >= 0.3 is 6.03 Å². The highest BCUT2D eigenvalue weighted by Gasteiger charge is 2.22. The van der Waals surface area contributed by atoms with Crippen molar-refractivity contribution in [3.05, 3.63) is 35.7 Å². The summed E-state index contributed by atoms with van der Waals surface area (Å²) in [6, 6.07) is 3.69. The second-order valence-corrected chi connectivity index (χ2v) is 6.03. The number of nitrogens with zero attached hydrogens (tertiary/aromatic N) is 2. The first kappa shape index (κ1) is 17.1. The Morgan fingerprint density at radius 3 is 3.00 bits per heavy atom. The maximum atomic E-state index is 12.1. The Bertz CT molecular complexity index is 757. The van der Waals surface area contributed by atoms with Gasteiger partial charge in [0.05, 0.1) is 18.5 Å². The highest BCUT2D eigenvalue weighted by Crippen LogP contribution is 2.35. The molecule has 2 amide bonds. The molecule has 2 heterocycles. The topological polar surface area (TPSA) is 77.4 Å². The summed E-state index contributed by atoms with van der Waals surface area (Å²) in [6.45, 7) is 7.67. The number of carbonyl (C=O) groups is 1. The fourth-order valence-corrected chi connectivity index (χ4v) is 2.86. The van der Waals surface area contributed by atoms with Gasteiger partial charge in [-0.05, 0) is 32.9 Å². The van der Waals surface area contributed by atoms with Crippen LogP contribution < -0.4 is 20.1 Å². The number of benzene rings is 1. The predicted octanol–water partition coefficient (Wildman–Crippen LogP) is 2.95. The maximum Gasteiger partial charge on any atom is 0.319 e. The first-order chi connectivity index (χ1) is 12.1. The van der Waals surface area contributed by atoms with E-state index >= 15 is 0 Å². The van der Waals surface area contributed by atoms with E-state index in [0.717, 1.165) is 35.6 Å². The molecular formula is C18H24N4O3. The van der Waals surface area contributed by atoms with Crippen molar-refractivity contribution in [1.29, 1.82) is 0 Å². The molecule has 1 aliphatic heterocycles. The summed E-state index contributed by atoms with van der Waals surface area (Å²) >= 11 is 0. The lowest BCUT2D eigenvalue weighted by Crippen LogP contribution is -2.28. The summed E-state index contributed by atoms with van der Waals surface area (Å²) in [6.07, 6.45) is 4.46. The van der Waals surface area contributed by atoms with Gasteiger partial charge < -0.3 is 20.1 Å². The molecule has 1 atom stereocenters. The largest absolute Gasteiger partial charge is 0.494 e. The number of amides is 2. The standard InChI is InChI=1S/C18H24N4O3/c1-4-22-11-15(10-20-22)21-18(23)19-9-14-8-17-13(6-12(3)25-17)7-16(14)24-5-2/h7-8,10-12H,4-6,9H2,1-3H3,(H2,19,21,23). The molecule has 1 unspecified atom stereocenters.